The minimum Gasteiger partial charge on any atom is -0.493 e. The van der Waals surface area contributed by atoms with Crippen molar-refractivity contribution in [2.24, 2.45) is 0 Å². The number of carbonyl (C=O) groups excluding carboxylic acids is 3. The van der Waals surface area contributed by atoms with E-state index in [2.05, 4.69) is 15.6 Å². The van der Waals surface area contributed by atoms with Crippen molar-refractivity contribution in [3.05, 3.63) is 70.7 Å². The summed E-state index contributed by atoms with van der Waals surface area (Å²) in [6.07, 6.45) is 4.77. The van der Waals surface area contributed by atoms with Gasteiger partial charge < -0.3 is 24.8 Å². The van der Waals surface area contributed by atoms with Gasteiger partial charge in [-0.05, 0) is 54.1 Å². The molecule has 3 heterocycles. The first-order chi connectivity index (χ1) is 18.5. The molecule has 0 radical (unpaired) electrons. The van der Waals surface area contributed by atoms with Crippen molar-refractivity contribution < 1.29 is 28.6 Å². The molecule has 0 spiro atoms. The molecule has 0 aliphatic carbocycles. The molecule has 1 aliphatic rings. The fraction of sp³-hybridized carbons (Fsp3) is 0.333. The lowest BCUT2D eigenvalue weighted by Gasteiger charge is -2.32. The van der Waals surface area contributed by atoms with Crippen molar-refractivity contribution in [2.45, 2.75) is 25.0 Å². The number of carbonyl (C=O) groups is 3. The summed E-state index contributed by atoms with van der Waals surface area (Å²) in [5.74, 6) is -0.377. The molecule has 200 valence electrons. The number of thiophene rings is 1. The van der Waals surface area contributed by atoms with E-state index >= 15 is 0 Å². The summed E-state index contributed by atoms with van der Waals surface area (Å²) in [6, 6.07) is 10.8. The van der Waals surface area contributed by atoms with E-state index < -0.39 is 17.9 Å². The number of hydrogen-bond donors (Lipinski definition) is 2. The maximum atomic E-state index is 13.8. The third-order valence-electron chi connectivity index (χ3n) is 6.10. The zero-order valence-electron chi connectivity index (χ0n) is 21.2. The van der Waals surface area contributed by atoms with Gasteiger partial charge in [0.1, 0.15) is 6.04 Å². The normalized spacial score (nSPS) is 15.4. The van der Waals surface area contributed by atoms with Gasteiger partial charge in [-0.2, -0.15) is 0 Å². The molecule has 4 rings (SSSR count). The van der Waals surface area contributed by atoms with Gasteiger partial charge in [0.15, 0.2) is 11.5 Å². The molecule has 11 heteroatoms. The second-order valence-electron chi connectivity index (χ2n) is 8.53. The van der Waals surface area contributed by atoms with Crippen LogP contribution in [0.5, 0.6) is 11.5 Å². The van der Waals surface area contributed by atoms with Crippen LogP contribution in [0.1, 0.15) is 34.1 Å². The summed E-state index contributed by atoms with van der Waals surface area (Å²) < 4.78 is 16.5. The van der Waals surface area contributed by atoms with Gasteiger partial charge in [0.25, 0.3) is 5.91 Å². The number of ether oxygens (including phenoxy) is 3. The molecular formula is C27H30N4O6S. The lowest BCUT2D eigenvalue weighted by atomic mass is 10.0. The summed E-state index contributed by atoms with van der Waals surface area (Å²) >= 11 is 1.27. The highest BCUT2D eigenvalue weighted by molar-refractivity contribution is 7.12. The molecule has 0 saturated carbocycles. The molecule has 1 fully saturated rings. The average molecular weight is 539 g/mol. The quantitative estimate of drug-likeness (QED) is 0.385. The van der Waals surface area contributed by atoms with Crippen LogP contribution in [0.4, 0.5) is 5.69 Å². The van der Waals surface area contributed by atoms with Crippen molar-refractivity contribution in [1.82, 2.24) is 15.6 Å². The third kappa shape index (κ3) is 6.48. The van der Waals surface area contributed by atoms with Crippen LogP contribution in [-0.4, -0.2) is 62.7 Å². The van der Waals surface area contributed by atoms with Crippen LogP contribution in [0.15, 0.2) is 60.2 Å². The Balaban J connectivity index is 1.68. The Bertz CT molecular complexity index is 1230. The number of benzene rings is 1. The summed E-state index contributed by atoms with van der Waals surface area (Å²) in [6.45, 7) is 0.644. The van der Waals surface area contributed by atoms with Gasteiger partial charge in [0.05, 0.1) is 43.6 Å². The molecule has 2 atom stereocenters. The second-order valence-corrected chi connectivity index (χ2v) is 9.48. The smallest absolute Gasteiger partial charge is 0.261 e. The molecule has 3 aromatic rings. The average Bonchev–Trinajstić information content (AvgIpc) is 3.68. The molecule has 2 N–H and O–H groups in total. The monoisotopic (exact) mass is 538 g/mol. The number of anilines is 1. The zero-order valence-corrected chi connectivity index (χ0v) is 22.0. The van der Waals surface area contributed by atoms with Crippen molar-refractivity contribution in [3.63, 3.8) is 0 Å². The van der Waals surface area contributed by atoms with Crippen LogP contribution in [-0.2, 0) is 14.3 Å². The number of methoxy groups -OCH3 is 2. The highest BCUT2D eigenvalue weighted by Gasteiger charge is 2.34. The van der Waals surface area contributed by atoms with E-state index in [4.69, 9.17) is 14.2 Å². The highest BCUT2D eigenvalue weighted by Crippen LogP contribution is 2.34. The first-order valence-corrected chi connectivity index (χ1v) is 13.0. The zero-order chi connectivity index (χ0) is 26.9. The van der Waals surface area contributed by atoms with Crippen LogP contribution in [0.2, 0.25) is 0 Å². The van der Waals surface area contributed by atoms with Gasteiger partial charge >= 0.3 is 0 Å². The lowest BCUT2D eigenvalue weighted by molar-refractivity contribution is -0.126. The van der Waals surface area contributed by atoms with Gasteiger partial charge in [0, 0.05) is 19.3 Å². The van der Waals surface area contributed by atoms with Crippen LogP contribution in [0.25, 0.3) is 0 Å². The summed E-state index contributed by atoms with van der Waals surface area (Å²) in [4.78, 5) is 46.0. The Morgan fingerprint density at radius 2 is 1.97 bits per heavy atom. The van der Waals surface area contributed by atoms with Crippen LogP contribution >= 0.6 is 11.3 Å². The van der Waals surface area contributed by atoms with Gasteiger partial charge in [-0.1, -0.05) is 12.1 Å². The molecule has 1 aliphatic heterocycles. The number of aromatic nitrogens is 1. The third-order valence-corrected chi connectivity index (χ3v) is 6.96. The number of pyridine rings is 1. The van der Waals surface area contributed by atoms with Gasteiger partial charge in [-0.3, -0.25) is 24.3 Å². The van der Waals surface area contributed by atoms with Gasteiger partial charge in [0.2, 0.25) is 11.8 Å². The first-order valence-electron chi connectivity index (χ1n) is 12.2. The second kappa shape index (κ2) is 13.0. The molecular weight excluding hydrogens is 508 g/mol. The van der Waals surface area contributed by atoms with E-state index in [1.807, 2.05) is 0 Å². The fourth-order valence-electron chi connectivity index (χ4n) is 4.23. The Morgan fingerprint density at radius 3 is 2.63 bits per heavy atom. The lowest BCUT2D eigenvalue weighted by Crippen LogP contribution is -2.48. The molecule has 10 nitrogen and oxygen atoms in total. The predicted molar refractivity (Wildman–Crippen MR) is 143 cm³/mol. The summed E-state index contributed by atoms with van der Waals surface area (Å²) in [7, 11) is 3.02. The van der Waals surface area contributed by atoms with Crippen molar-refractivity contribution in [3.8, 4) is 11.5 Å². The molecule has 2 unspecified atom stereocenters. The van der Waals surface area contributed by atoms with E-state index in [1.165, 1.54) is 36.7 Å². The Hall–Kier alpha value is -3.96. The van der Waals surface area contributed by atoms with E-state index in [0.717, 1.165) is 12.8 Å². The van der Waals surface area contributed by atoms with E-state index in [1.54, 1.807) is 54.0 Å². The predicted octanol–water partition coefficient (Wildman–Crippen LogP) is 2.96. The molecule has 1 saturated heterocycles. The van der Waals surface area contributed by atoms with Gasteiger partial charge in [-0.25, -0.2) is 0 Å². The summed E-state index contributed by atoms with van der Waals surface area (Å²) in [5, 5.41) is 7.39. The van der Waals surface area contributed by atoms with Crippen LogP contribution in [0.3, 0.4) is 0 Å². The number of nitrogens with one attached hydrogen (secondary N) is 2. The van der Waals surface area contributed by atoms with E-state index in [0.29, 0.717) is 40.8 Å². The van der Waals surface area contributed by atoms with E-state index in [-0.39, 0.29) is 18.6 Å². The Labute approximate surface area is 224 Å². The van der Waals surface area contributed by atoms with Crippen molar-refractivity contribution >= 4 is 34.7 Å². The van der Waals surface area contributed by atoms with Crippen LogP contribution in [0, 0.1) is 0 Å². The number of nitrogens with zero attached hydrogens (tertiary/aromatic N) is 2. The minimum absolute atomic E-state index is 0.0855. The molecule has 3 amide bonds. The molecule has 0 bridgehead atoms. The largest absolute Gasteiger partial charge is 0.493 e. The van der Waals surface area contributed by atoms with Crippen molar-refractivity contribution in [2.75, 3.05) is 38.8 Å². The first kappa shape index (κ1) is 27.1. The van der Waals surface area contributed by atoms with Crippen LogP contribution < -0.4 is 25.0 Å². The number of rotatable bonds is 11. The maximum absolute atomic E-state index is 13.8. The topological polar surface area (TPSA) is 119 Å². The number of amides is 3. The maximum Gasteiger partial charge on any atom is 0.261 e. The number of hydrogen-bond acceptors (Lipinski definition) is 8. The highest BCUT2D eigenvalue weighted by atomic mass is 32.1. The molecule has 38 heavy (non-hydrogen) atoms. The Morgan fingerprint density at radius 1 is 1.13 bits per heavy atom. The Kier molecular flexibility index (Phi) is 9.28. The SMILES string of the molecule is COc1ccc(C(C(=O)NCC2CCCO2)N(C(=O)CNC(=O)c2cccs2)c2cccnc2)cc1OC. The minimum atomic E-state index is -1.09. The van der Waals surface area contributed by atoms with E-state index in [9.17, 15) is 14.4 Å². The standard InChI is InChI=1S/C27H30N4O6S/c1-35-21-10-9-18(14-22(21)36-2)25(27(34)29-16-20-7-4-12-37-20)31(19-6-3-11-28-15-19)24(32)17-30-26(33)23-8-5-13-38-23/h3,5-6,8-11,13-15,20,25H,4,7,12,16-17H2,1-2H3,(H,29,34)(H,30,33). The molecule has 2 aromatic heterocycles. The van der Waals surface area contributed by atoms with Gasteiger partial charge in [-0.15, -0.1) is 11.3 Å². The molecule has 1 aromatic carbocycles. The van der Waals surface area contributed by atoms with Crippen molar-refractivity contribution in [1.29, 1.82) is 0 Å². The summed E-state index contributed by atoms with van der Waals surface area (Å²) in [5.41, 5.74) is 0.893. The fourth-order valence-corrected chi connectivity index (χ4v) is 4.87.